The lowest BCUT2D eigenvalue weighted by molar-refractivity contribution is -0.132. The summed E-state index contributed by atoms with van der Waals surface area (Å²) in [6.07, 6.45) is 0.897. The van der Waals surface area contributed by atoms with Crippen LogP contribution in [-0.2, 0) is 9.59 Å². The van der Waals surface area contributed by atoms with Gasteiger partial charge < -0.3 is 4.90 Å². The van der Waals surface area contributed by atoms with Gasteiger partial charge in [-0.05, 0) is 18.5 Å². The average molecular weight is 259 g/mol. The molecule has 0 saturated carbocycles. The van der Waals surface area contributed by atoms with Gasteiger partial charge >= 0.3 is 0 Å². The van der Waals surface area contributed by atoms with Crippen molar-refractivity contribution in [3.63, 3.8) is 0 Å². The van der Waals surface area contributed by atoms with Gasteiger partial charge in [-0.3, -0.25) is 14.9 Å². The van der Waals surface area contributed by atoms with Crippen molar-refractivity contribution in [3.05, 3.63) is 17.3 Å². The minimum atomic E-state index is -0.733. The lowest BCUT2D eigenvalue weighted by atomic mass is 10.2. The van der Waals surface area contributed by atoms with Crippen LogP contribution in [0.25, 0.3) is 0 Å². The number of hydrogen-bond donors (Lipinski definition) is 1. The Morgan fingerprint density at radius 2 is 2.29 bits per heavy atom. The molecule has 90 valence electrons. The smallest absolute Gasteiger partial charge is 0.249 e. The molecule has 0 spiro atoms. The second-order valence-corrected chi connectivity index (χ2v) is 3.86. The molecule has 1 aliphatic heterocycles. The minimum Gasteiger partial charge on any atom is -0.333 e. The van der Waals surface area contributed by atoms with E-state index in [2.05, 4.69) is 15.3 Å². The van der Waals surface area contributed by atoms with Crippen molar-refractivity contribution in [2.75, 3.05) is 11.4 Å². The van der Waals surface area contributed by atoms with E-state index in [1.165, 1.54) is 11.8 Å². The zero-order chi connectivity index (χ0) is 12.6. The molecule has 0 bridgehead atoms. The van der Waals surface area contributed by atoms with Crippen LogP contribution in [0.3, 0.4) is 0 Å². The van der Waals surface area contributed by atoms with Crippen LogP contribution in [-0.4, -0.2) is 34.4 Å². The van der Waals surface area contributed by atoms with Crippen molar-refractivity contribution in [1.29, 1.82) is 0 Å². The van der Waals surface area contributed by atoms with Crippen LogP contribution >= 0.6 is 11.6 Å². The van der Waals surface area contributed by atoms with Gasteiger partial charge in [-0.1, -0.05) is 0 Å². The molecule has 1 N–H and O–H groups in total. The Balaban J connectivity index is 2.40. The van der Waals surface area contributed by atoms with Crippen LogP contribution in [0.2, 0.25) is 5.28 Å². The molecule has 1 atom stereocenters. The van der Waals surface area contributed by atoms with Gasteiger partial charge in [0, 0.05) is 0 Å². The van der Waals surface area contributed by atoms with Gasteiger partial charge in [0.1, 0.15) is 6.04 Å². The molecule has 8 heteroatoms. The number of halogens is 2. The van der Waals surface area contributed by atoms with E-state index in [9.17, 15) is 14.0 Å². The van der Waals surface area contributed by atoms with Crippen LogP contribution in [0.15, 0.2) is 6.20 Å². The number of amides is 2. The standard InChI is InChI=1S/C9H8ClFN4O2/c1-4-8(17)13-6(16)3-15(4)7-5(11)2-12-9(10)14-7/h2,4H,3H2,1H3,(H,13,16,17). The molecular formula is C9H8ClFN4O2. The van der Waals surface area contributed by atoms with Gasteiger partial charge in [-0.2, -0.15) is 4.98 Å². The molecule has 0 aromatic carbocycles. The first-order valence-electron chi connectivity index (χ1n) is 4.77. The number of hydrogen-bond acceptors (Lipinski definition) is 5. The minimum absolute atomic E-state index is 0.146. The Hall–Kier alpha value is -1.76. The van der Waals surface area contributed by atoms with E-state index in [4.69, 9.17) is 11.6 Å². The lowest BCUT2D eigenvalue weighted by Crippen LogP contribution is -2.57. The maximum Gasteiger partial charge on any atom is 0.249 e. The van der Waals surface area contributed by atoms with Crippen LogP contribution in [0.4, 0.5) is 10.2 Å². The van der Waals surface area contributed by atoms with Gasteiger partial charge in [-0.25, -0.2) is 9.37 Å². The predicted molar refractivity (Wildman–Crippen MR) is 57.0 cm³/mol. The van der Waals surface area contributed by atoms with E-state index < -0.39 is 23.7 Å². The van der Waals surface area contributed by atoms with E-state index in [1.807, 2.05) is 0 Å². The molecule has 1 saturated heterocycles. The molecule has 2 rings (SSSR count). The number of piperazine rings is 1. The average Bonchev–Trinajstić information content (AvgIpc) is 2.27. The fourth-order valence-corrected chi connectivity index (χ4v) is 1.64. The Morgan fingerprint density at radius 1 is 1.59 bits per heavy atom. The van der Waals surface area contributed by atoms with Crippen molar-refractivity contribution in [2.24, 2.45) is 0 Å². The van der Waals surface area contributed by atoms with Gasteiger partial charge in [0.2, 0.25) is 17.1 Å². The Labute approximate surface area is 101 Å². The summed E-state index contributed by atoms with van der Waals surface area (Å²) in [5.41, 5.74) is 0. The third-order valence-corrected chi connectivity index (χ3v) is 2.57. The molecule has 1 aromatic heterocycles. The highest BCUT2D eigenvalue weighted by atomic mass is 35.5. The molecule has 0 radical (unpaired) electrons. The fraction of sp³-hybridized carbons (Fsp3) is 0.333. The second kappa shape index (κ2) is 4.25. The van der Waals surface area contributed by atoms with E-state index in [0.717, 1.165) is 6.20 Å². The summed E-state index contributed by atoms with van der Waals surface area (Å²) < 4.78 is 13.5. The van der Waals surface area contributed by atoms with Crippen molar-refractivity contribution < 1.29 is 14.0 Å². The van der Waals surface area contributed by atoms with Gasteiger partial charge in [0.05, 0.1) is 12.7 Å². The molecule has 1 aromatic rings. The summed E-state index contributed by atoms with van der Waals surface area (Å²) in [5.74, 6) is -1.90. The summed E-state index contributed by atoms with van der Waals surface area (Å²) in [6.45, 7) is 1.38. The van der Waals surface area contributed by atoms with Crippen LogP contribution in [0.5, 0.6) is 0 Å². The zero-order valence-electron chi connectivity index (χ0n) is 8.78. The number of aromatic nitrogens is 2. The molecular weight excluding hydrogens is 251 g/mol. The monoisotopic (exact) mass is 258 g/mol. The molecule has 1 aliphatic rings. The molecule has 17 heavy (non-hydrogen) atoms. The maximum absolute atomic E-state index is 13.5. The van der Waals surface area contributed by atoms with E-state index in [0.29, 0.717) is 0 Å². The molecule has 0 aliphatic carbocycles. The fourth-order valence-electron chi connectivity index (χ4n) is 1.51. The van der Waals surface area contributed by atoms with Crippen molar-refractivity contribution in [2.45, 2.75) is 13.0 Å². The van der Waals surface area contributed by atoms with Gasteiger partial charge in [0.25, 0.3) is 0 Å². The lowest BCUT2D eigenvalue weighted by Gasteiger charge is -2.32. The van der Waals surface area contributed by atoms with Crippen LogP contribution in [0, 0.1) is 5.82 Å². The van der Waals surface area contributed by atoms with Gasteiger partial charge in [-0.15, -0.1) is 0 Å². The SMILES string of the molecule is CC1C(=O)NC(=O)CN1c1nc(Cl)ncc1F. The maximum atomic E-state index is 13.5. The highest BCUT2D eigenvalue weighted by Crippen LogP contribution is 2.21. The second-order valence-electron chi connectivity index (χ2n) is 3.53. The van der Waals surface area contributed by atoms with Gasteiger partial charge in [0.15, 0.2) is 11.6 Å². The number of carbonyl (C=O) groups excluding carboxylic acids is 2. The molecule has 6 nitrogen and oxygen atoms in total. The Kier molecular flexibility index (Phi) is 2.93. The quantitative estimate of drug-likeness (QED) is 0.572. The molecule has 2 heterocycles. The summed E-state index contributed by atoms with van der Waals surface area (Å²) in [7, 11) is 0. The first-order chi connectivity index (χ1) is 7.99. The number of imide groups is 1. The number of nitrogens with zero attached hydrogens (tertiary/aromatic N) is 3. The molecule has 1 fully saturated rings. The largest absolute Gasteiger partial charge is 0.333 e. The topological polar surface area (TPSA) is 75.2 Å². The first-order valence-corrected chi connectivity index (χ1v) is 5.15. The molecule has 1 unspecified atom stereocenters. The van der Waals surface area contributed by atoms with Crippen LogP contribution in [0.1, 0.15) is 6.92 Å². The van der Waals surface area contributed by atoms with E-state index >= 15 is 0 Å². The highest BCUT2D eigenvalue weighted by molar-refractivity contribution is 6.28. The highest BCUT2D eigenvalue weighted by Gasteiger charge is 2.32. The predicted octanol–water partition coefficient (Wildman–Crippen LogP) is 0.120. The Morgan fingerprint density at radius 3 is 3.00 bits per heavy atom. The number of rotatable bonds is 1. The van der Waals surface area contributed by atoms with Crippen molar-refractivity contribution >= 4 is 29.2 Å². The third-order valence-electron chi connectivity index (χ3n) is 2.39. The number of carbonyl (C=O) groups is 2. The number of nitrogens with one attached hydrogen (secondary N) is 1. The molecule has 2 amide bonds. The summed E-state index contributed by atoms with van der Waals surface area (Å²) >= 11 is 5.56. The van der Waals surface area contributed by atoms with E-state index in [-0.39, 0.29) is 17.6 Å². The number of anilines is 1. The third kappa shape index (κ3) is 2.19. The summed E-state index contributed by atoms with van der Waals surface area (Å²) in [6, 6.07) is -0.701. The van der Waals surface area contributed by atoms with Crippen LogP contribution < -0.4 is 10.2 Å². The summed E-state index contributed by atoms with van der Waals surface area (Å²) in [4.78, 5) is 31.0. The normalized spacial score (nSPS) is 20.4. The van der Waals surface area contributed by atoms with Crippen molar-refractivity contribution in [3.8, 4) is 0 Å². The first kappa shape index (κ1) is 11.7. The zero-order valence-corrected chi connectivity index (χ0v) is 9.53. The summed E-state index contributed by atoms with van der Waals surface area (Å²) in [5, 5.41) is 2.00. The van der Waals surface area contributed by atoms with Crippen molar-refractivity contribution in [1.82, 2.24) is 15.3 Å². The van der Waals surface area contributed by atoms with E-state index in [1.54, 1.807) is 0 Å². The Bertz CT molecular complexity index is 496.